The van der Waals surface area contributed by atoms with Crippen molar-refractivity contribution in [3.63, 3.8) is 0 Å². The van der Waals surface area contributed by atoms with Crippen molar-refractivity contribution in [2.75, 3.05) is 18.1 Å². The molecule has 0 radical (unpaired) electrons. The number of aromatic nitrogens is 1. The number of carbonyl (C=O) groups is 2. The van der Waals surface area contributed by atoms with Crippen LogP contribution in [0.5, 0.6) is 11.5 Å². The number of amides is 2. The van der Waals surface area contributed by atoms with Gasteiger partial charge in [-0.15, -0.1) is 11.3 Å². The molecule has 0 bridgehead atoms. The second-order valence-corrected chi connectivity index (χ2v) is 9.55. The zero-order chi connectivity index (χ0) is 23.3. The lowest BCUT2D eigenvalue weighted by Gasteiger charge is -2.33. The minimum absolute atomic E-state index is 0.131. The summed E-state index contributed by atoms with van der Waals surface area (Å²) in [6, 6.07) is 12.2. The molecule has 0 saturated heterocycles. The van der Waals surface area contributed by atoms with E-state index >= 15 is 0 Å². The van der Waals surface area contributed by atoms with Crippen LogP contribution in [0.4, 0.5) is 5.69 Å². The minimum Gasteiger partial charge on any atom is -0.486 e. The van der Waals surface area contributed by atoms with Gasteiger partial charge in [0, 0.05) is 35.1 Å². The maximum atomic E-state index is 13.8. The highest BCUT2D eigenvalue weighted by Gasteiger charge is 2.35. The summed E-state index contributed by atoms with van der Waals surface area (Å²) in [5.41, 5.74) is 1.30. The van der Waals surface area contributed by atoms with Crippen molar-refractivity contribution < 1.29 is 19.1 Å². The predicted octanol–water partition coefficient (Wildman–Crippen LogP) is 4.29. The Balaban J connectivity index is 1.56. The molecule has 3 heterocycles. The summed E-state index contributed by atoms with van der Waals surface area (Å²) in [6.07, 6.45) is 7.63. The molecule has 1 aromatic carbocycles. The summed E-state index contributed by atoms with van der Waals surface area (Å²) in [7, 11) is 0. The van der Waals surface area contributed by atoms with E-state index in [0.29, 0.717) is 36.0 Å². The van der Waals surface area contributed by atoms with E-state index in [-0.39, 0.29) is 24.3 Å². The summed E-state index contributed by atoms with van der Waals surface area (Å²) in [5.74, 6) is 0.855. The molecule has 5 rings (SSSR count). The molecule has 1 N–H and O–H groups in total. The van der Waals surface area contributed by atoms with Gasteiger partial charge in [0.15, 0.2) is 11.5 Å². The van der Waals surface area contributed by atoms with E-state index in [2.05, 4.69) is 10.3 Å². The Morgan fingerprint density at radius 2 is 1.82 bits per heavy atom. The average molecular weight is 478 g/mol. The number of pyridine rings is 1. The first kappa shape index (κ1) is 22.4. The van der Waals surface area contributed by atoms with Gasteiger partial charge < -0.3 is 14.8 Å². The number of hydrogen-bond acceptors (Lipinski definition) is 6. The number of thiophene rings is 1. The lowest BCUT2D eigenvalue weighted by Crippen LogP contribution is -2.46. The Morgan fingerprint density at radius 1 is 1.06 bits per heavy atom. The quantitative estimate of drug-likeness (QED) is 0.549. The minimum atomic E-state index is -0.835. The van der Waals surface area contributed by atoms with Crippen molar-refractivity contribution in [3.8, 4) is 11.5 Å². The van der Waals surface area contributed by atoms with Gasteiger partial charge in [-0.2, -0.15) is 0 Å². The summed E-state index contributed by atoms with van der Waals surface area (Å²) >= 11 is 1.53. The number of benzene rings is 1. The first-order valence-corrected chi connectivity index (χ1v) is 12.5. The van der Waals surface area contributed by atoms with Crippen LogP contribution in [0.15, 0.2) is 60.2 Å². The number of rotatable bonds is 7. The second kappa shape index (κ2) is 10.3. The largest absolute Gasteiger partial charge is 0.486 e. The summed E-state index contributed by atoms with van der Waals surface area (Å²) in [5, 5.41) is 5.15. The number of carbonyl (C=O) groups excluding carboxylic acids is 2. The van der Waals surface area contributed by atoms with Gasteiger partial charge in [0.25, 0.3) is 0 Å². The smallest absolute Gasteiger partial charge is 0.248 e. The topological polar surface area (TPSA) is 80.8 Å². The van der Waals surface area contributed by atoms with E-state index in [1.165, 1.54) is 11.3 Å². The van der Waals surface area contributed by atoms with E-state index in [9.17, 15) is 9.59 Å². The SMILES string of the molecule is O=C(NC1CCCC1)C(c1ccncc1)N(C(=O)Cc1cccs1)c1ccc2c(c1)OCCO2. The highest BCUT2D eigenvalue weighted by Crippen LogP contribution is 2.37. The molecule has 1 aliphatic carbocycles. The third-order valence-corrected chi connectivity index (χ3v) is 7.08. The van der Waals surface area contributed by atoms with Crippen LogP contribution >= 0.6 is 11.3 Å². The van der Waals surface area contributed by atoms with E-state index in [1.807, 2.05) is 23.6 Å². The molecule has 34 heavy (non-hydrogen) atoms. The number of hydrogen-bond donors (Lipinski definition) is 1. The molecule has 1 atom stereocenters. The molecule has 0 spiro atoms. The molecule has 3 aromatic rings. The van der Waals surface area contributed by atoms with Crippen LogP contribution in [-0.4, -0.2) is 36.1 Å². The third kappa shape index (κ3) is 4.92. The van der Waals surface area contributed by atoms with E-state index < -0.39 is 6.04 Å². The fraction of sp³-hybridized carbons (Fsp3) is 0.346. The molecule has 1 saturated carbocycles. The van der Waals surface area contributed by atoms with Gasteiger partial charge in [0.2, 0.25) is 11.8 Å². The standard InChI is InChI=1S/C26H27N3O4S/c30-24(17-21-6-3-15-34-21)29(20-7-8-22-23(16-20)33-14-13-32-22)25(18-9-11-27-12-10-18)26(31)28-19-4-1-2-5-19/h3,6-12,15-16,19,25H,1-2,4-5,13-14,17H2,(H,28,31). The first-order chi connectivity index (χ1) is 16.7. The Bertz CT molecular complexity index is 1130. The van der Waals surface area contributed by atoms with Crippen LogP contribution in [0.25, 0.3) is 0 Å². The zero-order valence-corrected chi connectivity index (χ0v) is 19.6. The van der Waals surface area contributed by atoms with Gasteiger partial charge >= 0.3 is 0 Å². The van der Waals surface area contributed by atoms with Crippen molar-refractivity contribution in [2.24, 2.45) is 0 Å². The maximum absolute atomic E-state index is 13.8. The number of nitrogens with one attached hydrogen (secondary N) is 1. The molecule has 176 valence electrons. The molecule has 7 nitrogen and oxygen atoms in total. The monoisotopic (exact) mass is 477 g/mol. The molecule has 1 fully saturated rings. The Kier molecular flexibility index (Phi) is 6.76. The van der Waals surface area contributed by atoms with Crippen molar-refractivity contribution >= 4 is 28.8 Å². The Labute approximate surface area is 202 Å². The first-order valence-electron chi connectivity index (χ1n) is 11.6. The number of anilines is 1. The second-order valence-electron chi connectivity index (χ2n) is 8.52. The van der Waals surface area contributed by atoms with Crippen molar-refractivity contribution in [2.45, 2.75) is 44.2 Å². The van der Waals surface area contributed by atoms with Crippen LogP contribution in [0.3, 0.4) is 0 Å². The van der Waals surface area contributed by atoms with E-state index in [4.69, 9.17) is 9.47 Å². The molecule has 1 aliphatic heterocycles. The molecule has 1 unspecified atom stereocenters. The van der Waals surface area contributed by atoms with E-state index in [0.717, 1.165) is 30.6 Å². The lowest BCUT2D eigenvalue weighted by molar-refractivity contribution is -0.127. The number of nitrogens with zero attached hydrogens (tertiary/aromatic N) is 2. The van der Waals surface area contributed by atoms with Crippen LogP contribution in [0, 0.1) is 0 Å². The van der Waals surface area contributed by atoms with Gasteiger partial charge in [-0.3, -0.25) is 19.5 Å². The number of fused-ring (bicyclic) bond motifs is 1. The molecular weight excluding hydrogens is 450 g/mol. The average Bonchev–Trinajstić information content (AvgIpc) is 3.57. The highest BCUT2D eigenvalue weighted by molar-refractivity contribution is 7.10. The zero-order valence-electron chi connectivity index (χ0n) is 18.8. The maximum Gasteiger partial charge on any atom is 0.248 e. The lowest BCUT2D eigenvalue weighted by atomic mass is 10.0. The normalized spacial score (nSPS) is 16.1. The summed E-state index contributed by atoms with van der Waals surface area (Å²) in [4.78, 5) is 34.2. The van der Waals surface area contributed by atoms with Crippen LogP contribution in [-0.2, 0) is 16.0 Å². The molecule has 2 amide bonds. The highest BCUT2D eigenvalue weighted by atomic mass is 32.1. The summed E-state index contributed by atoms with van der Waals surface area (Å²) in [6.45, 7) is 0.923. The van der Waals surface area contributed by atoms with Gasteiger partial charge in [0.05, 0.1) is 6.42 Å². The fourth-order valence-electron chi connectivity index (χ4n) is 4.58. The molecular formula is C26H27N3O4S. The summed E-state index contributed by atoms with van der Waals surface area (Å²) < 4.78 is 11.5. The molecule has 2 aromatic heterocycles. The van der Waals surface area contributed by atoms with Crippen LogP contribution < -0.4 is 19.7 Å². The van der Waals surface area contributed by atoms with Crippen LogP contribution in [0.1, 0.15) is 42.2 Å². The Hall–Kier alpha value is -3.39. The van der Waals surface area contributed by atoms with Gasteiger partial charge in [-0.1, -0.05) is 18.9 Å². The van der Waals surface area contributed by atoms with Gasteiger partial charge in [0.1, 0.15) is 19.3 Å². The third-order valence-electron chi connectivity index (χ3n) is 6.21. The molecule has 8 heteroatoms. The van der Waals surface area contributed by atoms with Gasteiger partial charge in [-0.05, 0) is 54.1 Å². The Morgan fingerprint density at radius 3 is 2.56 bits per heavy atom. The van der Waals surface area contributed by atoms with Crippen molar-refractivity contribution in [1.82, 2.24) is 10.3 Å². The van der Waals surface area contributed by atoms with Crippen molar-refractivity contribution in [3.05, 3.63) is 70.7 Å². The molecule has 2 aliphatic rings. The van der Waals surface area contributed by atoms with Crippen LogP contribution in [0.2, 0.25) is 0 Å². The number of ether oxygens (including phenoxy) is 2. The van der Waals surface area contributed by atoms with Crippen molar-refractivity contribution in [1.29, 1.82) is 0 Å². The predicted molar refractivity (Wildman–Crippen MR) is 130 cm³/mol. The van der Waals surface area contributed by atoms with Gasteiger partial charge in [-0.25, -0.2) is 0 Å². The van der Waals surface area contributed by atoms with E-state index in [1.54, 1.807) is 41.6 Å². The fourth-order valence-corrected chi connectivity index (χ4v) is 5.28.